The van der Waals surface area contributed by atoms with Crippen LogP contribution in [0.25, 0.3) is 10.8 Å². The van der Waals surface area contributed by atoms with E-state index in [2.05, 4.69) is 9.88 Å². The van der Waals surface area contributed by atoms with Crippen molar-refractivity contribution in [3.8, 4) is 10.8 Å². The van der Waals surface area contributed by atoms with Gasteiger partial charge in [-0.15, -0.1) is 11.3 Å². The predicted molar refractivity (Wildman–Crippen MR) is 91.4 cm³/mol. The molecule has 0 bridgehead atoms. The van der Waals surface area contributed by atoms with Crippen molar-refractivity contribution in [1.29, 1.82) is 0 Å². The van der Waals surface area contributed by atoms with Gasteiger partial charge in [-0.3, -0.25) is 4.90 Å². The van der Waals surface area contributed by atoms with Crippen LogP contribution in [0.15, 0.2) is 46.4 Å². The molecule has 0 N–H and O–H groups in total. The Bertz CT molecular complexity index is 755. The number of nitrogens with zero attached hydrogens (tertiary/aromatic N) is 2. The molecule has 2 aromatic heterocycles. The van der Waals surface area contributed by atoms with E-state index in [0.717, 1.165) is 22.7 Å². The quantitative estimate of drug-likeness (QED) is 0.620. The van der Waals surface area contributed by atoms with E-state index in [-0.39, 0.29) is 0 Å². The molecule has 0 atom stereocenters. The Balaban J connectivity index is 1.65. The van der Waals surface area contributed by atoms with Gasteiger partial charge in [0.1, 0.15) is 6.26 Å². The highest BCUT2D eigenvalue weighted by atomic mass is 35.5. The fourth-order valence-corrected chi connectivity index (χ4v) is 3.29. The van der Waals surface area contributed by atoms with Crippen molar-refractivity contribution in [2.45, 2.75) is 13.1 Å². The van der Waals surface area contributed by atoms with Crippen molar-refractivity contribution in [1.82, 2.24) is 9.88 Å². The SMILES string of the molecule is CN(Cc1coc(-c2cccs2)n1)Cc1ccc(Cl)cc1Cl. The molecule has 0 fully saturated rings. The van der Waals surface area contributed by atoms with Crippen LogP contribution in [0.5, 0.6) is 0 Å². The zero-order chi connectivity index (χ0) is 15.5. The maximum Gasteiger partial charge on any atom is 0.236 e. The number of thiophene rings is 1. The highest BCUT2D eigenvalue weighted by Gasteiger charge is 2.11. The van der Waals surface area contributed by atoms with E-state index in [9.17, 15) is 0 Å². The van der Waals surface area contributed by atoms with Crippen molar-refractivity contribution in [3.63, 3.8) is 0 Å². The van der Waals surface area contributed by atoms with E-state index < -0.39 is 0 Å². The minimum absolute atomic E-state index is 0.647. The molecular weight excluding hydrogens is 339 g/mol. The molecule has 0 saturated heterocycles. The monoisotopic (exact) mass is 352 g/mol. The average Bonchev–Trinajstić information content (AvgIpc) is 3.12. The van der Waals surface area contributed by atoms with Crippen LogP contribution >= 0.6 is 34.5 Å². The summed E-state index contributed by atoms with van der Waals surface area (Å²) in [6, 6.07) is 9.54. The fourth-order valence-electron chi connectivity index (χ4n) is 2.17. The van der Waals surface area contributed by atoms with Gasteiger partial charge >= 0.3 is 0 Å². The number of oxazole rings is 1. The van der Waals surface area contributed by atoms with Gasteiger partial charge in [0, 0.05) is 23.1 Å². The Morgan fingerprint density at radius 3 is 2.82 bits per heavy atom. The van der Waals surface area contributed by atoms with Gasteiger partial charge in [-0.05, 0) is 36.2 Å². The lowest BCUT2D eigenvalue weighted by molar-refractivity contribution is 0.315. The first-order chi connectivity index (χ1) is 10.6. The second-order valence-electron chi connectivity index (χ2n) is 5.03. The number of benzene rings is 1. The molecule has 114 valence electrons. The van der Waals surface area contributed by atoms with Crippen molar-refractivity contribution >= 4 is 34.5 Å². The summed E-state index contributed by atoms with van der Waals surface area (Å²) < 4.78 is 5.53. The van der Waals surface area contributed by atoms with Gasteiger partial charge in [0.2, 0.25) is 5.89 Å². The Kier molecular flexibility index (Phi) is 4.84. The third kappa shape index (κ3) is 3.70. The van der Waals surface area contributed by atoms with Gasteiger partial charge < -0.3 is 4.42 Å². The molecule has 0 spiro atoms. The molecule has 3 nitrogen and oxygen atoms in total. The number of hydrogen-bond donors (Lipinski definition) is 0. The average molecular weight is 353 g/mol. The van der Waals surface area contributed by atoms with Crippen LogP contribution < -0.4 is 0 Å². The van der Waals surface area contributed by atoms with E-state index in [0.29, 0.717) is 22.5 Å². The summed E-state index contributed by atoms with van der Waals surface area (Å²) >= 11 is 13.7. The molecule has 0 aliphatic carbocycles. The van der Waals surface area contributed by atoms with Crippen molar-refractivity contribution in [3.05, 3.63) is 63.3 Å². The molecule has 3 aromatic rings. The number of halogens is 2. The largest absolute Gasteiger partial charge is 0.444 e. The van der Waals surface area contributed by atoms with E-state index >= 15 is 0 Å². The van der Waals surface area contributed by atoms with Gasteiger partial charge in [-0.25, -0.2) is 4.98 Å². The minimum Gasteiger partial charge on any atom is -0.444 e. The van der Waals surface area contributed by atoms with Crippen molar-refractivity contribution in [2.24, 2.45) is 0 Å². The number of rotatable bonds is 5. The summed E-state index contributed by atoms with van der Waals surface area (Å²) in [5, 5.41) is 3.33. The molecule has 0 radical (unpaired) electrons. The fraction of sp³-hybridized carbons (Fsp3) is 0.188. The summed E-state index contributed by atoms with van der Waals surface area (Å²) in [5.74, 6) is 0.669. The number of hydrogen-bond acceptors (Lipinski definition) is 4. The van der Waals surface area contributed by atoms with Crippen LogP contribution in [-0.4, -0.2) is 16.9 Å². The summed E-state index contributed by atoms with van der Waals surface area (Å²) in [7, 11) is 2.02. The number of aromatic nitrogens is 1. The summed E-state index contributed by atoms with van der Waals surface area (Å²) in [4.78, 5) is 7.69. The lowest BCUT2D eigenvalue weighted by atomic mass is 10.2. The molecule has 0 aliphatic heterocycles. The second kappa shape index (κ2) is 6.84. The van der Waals surface area contributed by atoms with Crippen molar-refractivity contribution in [2.75, 3.05) is 7.05 Å². The third-order valence-electron chi connectivity index (χ3n) is 3.17. The van der Waals surface area contributed by atoms with E-state index in [4.69, 9.17) is 27.6 Å². The summed E-state index contributed by atoms with van der Waals surface area (Å²) in [5.41, 5.74) is 1.94. The van der Waals surface area contributed by atoms with Crippen LogP contribution in [0.3, 0.4) is 0 Å². The first-order valence-electron chi connectivity index (χ1n) is 6.72. The second-order valence-corrected chi connectivity index (χ2v) is 6.82. The van der Waals surface area contributed by atoms with Gasteiger partial charge in [0.15, 0.2) is 0 Å². The molecule has 0 aliphatic rings. The molecule has 1 aromatic carbocycles. The molecular formula is C16H14Cl2N2OS. The van der Waals surface area contributed by atoms with Gasteiger partial charge in [0.25, 0.3) is 0 Å². The highest BCUT2D eigenvalue weighted by Crippen LogP contribution is 2.25. The van der Waals surface area contributed by atoms with Gasteiger partial charge in [-0.2, -0.15) is 0 Å². The molecule has 2 heterocycles. The Morgan fingerprint density at radius 1 is 1.23 bits per heavy atom. The lowest BCUT2D eigenvalue weighted by Crippen LogP contribution is -2.17. The topological polar surface area (TPSA) is 29.3 Å². The van der Waals surface area contributed by atoms with Crippen LogP contribution in [0.4, 0.5) is 0 Å². The molecule has 0 unspecified atom stereocenters. The molecule has 3 rings (SSSR count). The lowest BCUT2D eigenvalue weighted by Gasteiger charge is -2.16. The maximum atomic E-state index is 6.20. The predicted octanol–water partition coefficient (Wildman–Crippen LogP) is 5.34. The normalized spacial score (nSPS) is 11.3. The van der Waals surface area contributed by atoms with Crippen LogP contribution in [-0.2, 0) is 13.1 Å². The van der Waals surface area contributed by atoms with E-state index in [1.54, 1.807) is 23.7 Å². The van der Waals surface area contributed by atoms with Crippen LogP contribution in [0, 0.1) is 0 Å². The standard InChI is InChI=1S/C16H14Cl2N2OS/c1-20(8-11-4-5-12(17)7-14(11)18)9-13-10-21-16(19-13)15-3-2-6-22-15/h2-7,10H,8-9H2,1H3. The molecule has 22 heavy (non-hydrogen) atoms. The Labute approximate surface area is 143 Å². The van der Waals surface area contributed by atoms with Gasteiger partial charge in [-0.1, -0.05) is 35.3 Å². The Morgan fingerprint density at radius 2 is 2.09 bits per heavy atom. The van der Waals surface area contributed by atoms with Crippen LogP contribution in [0.2, 0.25) is 10.0 Å². The molecule has 6 heteroatoms. The van der Waals surface area contributed by atoms with Crippen LogP contribution in [0.1, 0.15) is 11.3 Å². The van der Waals surface area contributed by atoms with Crippen molar-refractivity contribution < 1.29 is 4.42 Å². The minimum atomic E-state index is 0.647. The third-order valence-corrected chi connectivity index (χ3v) is 4.62. The summed E-state index contributed by atoms with van der Waals surface area (Å²) in [6.07, 6.45) is 1.70. The zero-order valence-corrected chi connectivity index (χ0v) is 14.3. The Hall–Kier alpha value is -1.33. The molecule has 0 amide bonds. The van der Waals surface area contributed by atoms with E-state index in [1.807, 2.05) is 36.7 Å². The highest BCUT2D eigenvalue weighted by molar-refractivity contribution is 7.13. The summed E-state index contributed by atoms with van der Waals surface area (Å²) in [6.45, 7) is 1.41. The first kappa shape index (κ1) is 15.6. The molecule has 0 saturated carbocycles. The van der Waals surface area contributed by atoms with E-state index in [1.165, 1.54) is 0 Å². The van der Waals surface area contributed by atoms with Gasteiger partial charge in [0.05, 0.1) is 10.6 Å². The maximum absolute atomic E-state index is 6.20. The smallest absolute Gasteiger partial charge is 0.236 e. The first-order valence-corrected chi connectivity index (χ1v) is 8.36. The zero-order valence-electron chi connectivity index (χ0n) is 11.9.